The van der Waals surface area contributed by atoms with Gasteiger partial charge in [0.1, 0.15) is 0 Å². The van der Waals surface area contributed by atoms with Crippen molar-refractivity contribution >= 4 is 26.3 Å². The van der Waals surface area contributed by atoms with Gasteiger partial charge in [-0.3, -0.25) is 10.1 Å². The molecule has 0 unspecified atom stereocenters. The normalized spacial score (nSPS) is 11.5. The minimum atomic E-state index is -3.66. The molecule has 0 aliphatic heterocycles. The molecule has 6 heteroatoms. The summed E-state index contributed by atoms with van der Waals surface area (Å²) in [5.74, 6) is -0.406. The molecule has 3 rings (SSSR count). The molecule has 0 fully saturated rings. The van der Waals surface area contributed by atoms with E-state index in [9.17, 15) is 18.5 Å². The van der Waals surface area contributed by atoms with Crippen LogP contribution in [0.15, 0.2) is 65.6 Å². The predicted octanol–water partition coefficient (Wildman–Crippen LogP) is 4.03. The molecule has 0 radical (unpaired) electrons. The van der Waals surface area contributed by atoms with Crippen LogP contribution in [0.4, 0.5) is 5.69 Å². The molecule has 0 aromatic heterocycles. The smallest absolute Gasteiger partial charge is 0.258 e. The quantitative estimate of drug-likeness (QED) is 0.530. The summed E-state index contributed by atoms with van der Waals surface area (Å²) in [5.41, 5.74) is 0.994. The maximum Gasteiger partial charge on any atom is 0.281 e. The molecule has 3 aromatic rings. The molecule has 0 aliphatic carbocycles. The monoisotopic (exact) mass is 341 g/mol. The van der Waals surface area contributed by atoms with E-state index in [1.807, 2.05) is 6.92 Å². The Hall–Kier alpha value is -2.73. The van der Waals surface area contributed by atoms with Gasteiger partial charge in [0.15, 0.2) is 9.84 Å². The van der Waals surface area contributed by atoms with E-state index in [2.05, 4.69) is 0 Å². The van der Waals surface area contributed by atoms with Crippen LogP contribution < -0.4 is 0 Å². The topological polar surface area (TPSA) is 77.3 Å². The molecule has 0 heterocycles. The van der Waals surface area contributed by atoms with Gasteiger partial charge in [0.2, 0.25) is 0 Å². The second-order valence-corrected chi connectivity index (χ2v) is 7.61. The van der Waals surface area contributed by atoms with Gasteiger partial charge in [0.25, 0.3) is 5.69 Å². The zero-order valence-corrected chi connectivity index (χ0v) is 13.8. The number of hydrogen-bond acceptors (Lipinski definition) is 4. The number of sulfone groups is 1. The van der Waals surface area contributed by atoms with E-state index in [1.54, 1.807) is 42.5 Å². The Morgan fingerprint density at radius 3 is 2.29 bits per heavy atom. The molecule has 0 bridgehead atoms. The first-order chi connectivity index (χ1) is 11.4. The average molecular weight is 341 g/mol. The summed E-state index contributed by atoms with van der Waals surface area (Å²) in [6, 6.07) is 16.6. The molecule has 0 saturated heterocycles. The lowest BCUT2D eigenvalue weighted by molar-refractivity contribution is -0.383. The van der Waals surface area contributed by atoms with Crippen LogP contribution >= 0.6 is 0 Å². The van der Waals surface area contributed by atoms with E-state index in [1.165, 1.54) is 18.2 Å². The molecule has 0 amide bonds. The highest BCUT2D eigenvalue weighted by Crippen LogP contribution is 2.31. The van der Waals surface area contributed by atoms with Crippen LogP contribution in [-0.2, 0) is 15.6 Å². The maximum absolute atomic E-state index is 12.6. The first kappa shape index (κ1) is 16.1. The van der Waals surface area contributed by atoms with E-state index in [4.69, 9.17) is 0 Å². The SMILES string of the molecule is Cc1ccc(S(=O)(=O)Cc2ccc3ccccc3c2[N+](=O)[O-])cc1. The van der Waals surface area contributed by atoms with Crippen LogP contribution in [0.2, 0.25) is 0 Å². The number of fused-ring (bicyclic) bond motifs is 1. The summed E-state index contributed by atoms with van der Waals surface area (Å²) < 4.78 is 25.2. The summed E-state index contributed by atoms with van der Waals surface area (Å²) in [5, 5.41) is 12.7. The van der Waals surface area contributed by atoms with Gasteiger partial charge in [0, 0.05) is 5.56 Å². The summed E-state index contributed by atoms with van der Waals surface area (Å²) in [6.45, 7) is 1.87. The Morgan fingerprint density at radius 1 is 0.958 bits per heavy atom. The number of hydrogen-bond donors (Lipinski definition) is 0. The van der Waals surface area contributed by atoms with Crippen LogP contribution in [-0.4, -0.2) is 13.3 Å². The van der Waals surface area contributed by atoms with Gasteiger partial charge in [-0.1, -0.05) is 48.0 Å². The fourth-order valence-corrected chi connectivity index (χ4v) is 4.03. The van der Waals surface area contributed by atoms with E-state index in [0.717, 1.165) is 5.56 Å². The highest BCUT2D eigenvalue weighted by Gasteiger charge is 2.24. The third-order valence-corrected chi connectivity index (χ3v) is 5.57. The fourth-order valence-electron chi connectivity index (χ4n) is 2.67. The van der Waals surface area contributed by atoms with Crippen molar-refractivity contribution in [3.05, 3.63) is 81.9 Å². The van der Waals surface area contributed by atoms with Gasteiger partial charge in [-0.25, -0.2) is 8.42 Å². The lowest BCUT2D eigenvalue weighted by atomic mass is 10.1. The molecular formula is C18H15NO4S. The van der Waals surface area contributed by atoms with Crippen LogP contribution in [0.1, 0.15) is 11.1 Å². The minimum absolute atomic E-state index is 0.149. The van der Waals surface area contributed by atoms with Crippen LogP contribution in [0.25, 0.3) is 10.8 Å². The summed E-state index contributed by atoms with van der Waals surface area (Å²) >= 11 is 0. The summed E-state index contributed by atoms with van der Waals surface area (Å²) in [7, 11) is -3.66. The number of nitro benzene ring substituents is 1. The Labute approximate surface area is 139 Å². The minimum Gasteiger partial charge on any atom is -0.258 e. The Morgan fingerprint density at radius 2 is 1.62 bits per heavy atom. The third kappa shape index (κ3) is 3.00. The second kappa shape index (κ2) is 6.05. The van der Waals surface area contributed by atoms with Crippen molar-refractivity contribution in [2.45, 2.75) is 17.6 Å². The van der Waals surface area contributed by atoms with Crippen LogP contribution in [0.3, 0.4) is 0 Å². The van der Waals surface area contributed by atoms with Gasteiger partial charge >= 0.3 is 0 Å². The highest BCUT2D eigenvalue weighted by atomic mass is 32.2. The van der Waals surface area contributed by atoms with Gasteiger partial charge in [0.05, 0.1) is 21.0 Å². The summed E-state index contributed by atoms with van der Waals surface area (Å²) in [6.07, 6.45) is 0. The molecule has 0 spiro atoms. The molecule has 0 N–H and O–H groups in total. The van der Waals surface area contributed by atoms with Crippen molar-refractivity contribution in [2.24, 2.45) is 0 Å². The van der Waals surface area contributed by atoms with Crippen molar-refractivity contribution < 1.29 is 13.3 Å². The lowest BCUT2D eigenvalue weighted by Crippen LogP contribution is -2.07. The second-order valence-electron chi connectivity index (χ2n) is 5.62. The molecule has 0 atom stereocenters. The molecule has 0 saturated carbocycles. The van der Waals surface area contributed by atoms with Crippen molar-refractivity contribution in [1.29, 1.82) is 0 Å². The Bertz CT molecular complexity index is 1020. The van der Waals surface area contributed by atoms with E-state index in [0.29, 0.717) is 10.8 Å². The third-order valence-electron chi connectivity index (χ3n) is 3.89. The number of nitrogens with zero attached hydrogens (tertiary/aromatic N) is 1. The molecule has 24 heavy (non-hydrogen) atoms. The van der Waals surface area contributed by atoms with Crippen molar-refractivity contribution in [3.63, 3.8) is 0 Å². The van der Waals surface area contributed by atoms with Crippen LogP contribution in [0.5, 0.6) is 0 Å². The molecule has 122 valence electrons. The average Bonchev–Trinajstić information content (AvgIpc) is 2.54. The number of rotatable bonds is 4. The first-order valence-corrected chi connectivity index (χ1v) is 8.98. The van der Waals surface area contributed by atoms with Crippen molar-refractivity contribution in [3.8, 4) is 0 Å². The first-order valence-electron chi connectivity index (χ1n) is 7.33. The standard InChI is InChI=1S/C18H15NO4S/c1-13-6-10-16(11-7-13)24(22,23)12-15-9-8-14-4-2-3-5-17(14)18(15)19(20)21/h2-11H,12H2,1H3. The molecular weight excluding hydrogens is 326 g/mol. The molecule has 3 aromatic carbocycles. The van der Waals surface area contributed by atoms with Crippen LogP contribution in [0, 0.1) is 17.0 Å². The Balaban J connectivity index is 2.11. The zero-order valence-electron chi connectivity index (χ0n) is 13.0. The Kier molecular flexibility index (Phi) is 4.07. The highest BCUT2D eigenvalue weighted by molar-refractivity contribution is 7.90. The molecule has 5 nitrogen and oxygen atoms in total. The van der Waals surface area contributed by atoms with Gasteiger partial charge in [-0.15, -0.1) is 0 Å². The number of nitro groups is 1. The lowest BCUT2D eigenvalue weighted by Gasteiger charge is -2.08. The van der Waals surface area contributed by atoms with E-state index >= 15 is 0 Å². The fraction of sp³-hybridized carbons (Fsp3) is 0.111. The largest absolute Gasteiger partial charge is 0.281 e. The van der Waals surface area contributed by atoms with E-state index < -0.39 is 20.5 Å². The van der Waals surface area contributed by atoms with Gasteiger partial charge < -0.3 is 0 Å². The zero-order chi connectivity index (χ0) is 17.3. The van der Waals surface area contributed by atoms with Crippen molar-refractivity contribution in [2.75, 3.05) is 0 Å². The number of benzene rings is 3. The van der Waals surface area contributed by atoms with Gasteiger partial charge in [-0.2, -0.15) is 0 Å². The number of aryl methyl sites for hydroxylation is 1. The summed E-state index contributed by atoms with van der Waals surface area (Å²) in [4.78, 5) is 11.2. The van der Waals surface area contributed by atoms with E-state index in [-0.39, 0.29) is 16.1 Å². The van der Waals surface area contributed by atoms with Crippen molar-refractivity contribution in [1.82, 2.24) is 0 Å². The maximum atomic E-state index is 12.6. The van der Waals surface area contributed by atoms with Gasteiger partial charge in [-0.05, 0) is 30.5 Å². The molecule has 0 aliphatic rings. The predicted molar refractivity (Wildman–Crippen MR) is 92.7 cm³/mol.